The Bertz CT molecular complexity index is 123. The predicted octanol–water partition coefficient (Wildman–Crippen LogP) is 0.0209. The van der Waals surface area contributed by atoms with Gasteiger partial charge in [0.2, 0.25) is 5.91 Å². The van der Waals surface area contributed by atoms with Crippen molar-refractivity contribution in [3.05, 3.63) is 0 Å². The smallest absolute Gasteiger partial charge is 0.217 e. The number of hydrogen-bond acceptors (Lipinski definition) is 2. The van der Waals surface area contributed by atoms with Crippen molar-refractivity contribution < 1.29 is 4.79 Å². The van der Waals surface area contributed by atoms with Crippen molar-refractivity contribution in [2.75, 3.05) is 0 Å². The van der Waals surface area contributed by atoms with Crippen LogP contribution in [-0.4, -0.2) is 11.9 Å². The van der Waals surface area contributed by atoms with Crippen molar-refractivity contribution in [3.63, 3.8) is 0 Å². The van der Waals surface area contributed by atoms with E-state index in [4.69, 9.17) is 11.5 Å². The first-order valence-corrected chi connectivity index (χ1v) is 3.22. The molecule has 0 heterocycles. The van der Waals surface area contributed by atoms with Gasteiger partial charge in [0.15, 0.2) is 0 Å². The Morgan fingerprint density at radius 1 is 1.50 bits per heavy atom. The van der Waals surface area contributed by atoms with E-state index in [2.05, 4.69) is 0 Å². The lowest BCUT2D eigenvalue weighted by Crippen LogP contribution is -2.38. The van der Waals surface area contributed by atoms with Crippen LogP contribution in [0.1, 0.15) is 19.3 Å². The van der Waals surface area contributed by atoms with E-state index in [1.165, 1.54) is 0 Å². The summed E-state index contributed by atoms with van der Waals surface area (Å²) in [7, 11) is 0. The van der Waals surface area contributed by atoms with Gasteiger partial charge in [0.05, 0.1) is 0 Å². The fourth-order valence-electron chi connectivity index (χ4n) is 1.24. The fourth-order valence-corrected chi connectivity index (χ4v) is 1.24. The highest BCUT2D eigenvalue weighted by atomic mass is 35.5. The highest BCUT2D eigenvalue weighted by Crippen LogP contribution is 2.27. The van der Waals surface area contributed by atoms with Gasteiger partial charge < -0.3 is 11.5 Å². The summed E-state index contributed by atoms with van der Waals surface area (Å²) in [5.74, 6) is 0.282. The van der Waals surface area contributed by atoms with Gasteiger partial charge in [-0.1, -0.05) is 0 Å². The van der Waals surface area contributed by atoms with Crippen molar-refractivity contribution >= 4 is 18.3 Å². The molecule has 0 saturated heterocycles. The molecule has 0 aliphatic heterocycles. The number of carbonyl (C=O) groups excluding carboxylic acids is 1. The van der Waals surface area contributed by atoms with E-state index in [-0.39, 0.29) is 18.3 Å². The molecule has 60 valence electrons. The minimum Gasteiger partial charge on any atom is -0.370 e. The molecule has 1 amide bonds. The number of carbonyl (C=O) groups is 1. The van der Waals surface area contributed by atoms with E-state index < -0.39 is 0 Å². The summed E-state index contributed by atoms with van der Waals surface area (Å²) in [4.78, 5) is 10.3. The summed E-state index contributed by atoms with van der Waals surface area (Å²) >= 11 is 0. The van der Waals surface area contributed by atoms with Crippen LogP contribution in [0.3, 0.4) is 0 Å². The monoisotopic (exact) mass is 164 g/mol. The Kier molecular flexibility index (Phi) is 3.68. The molecule has 0 radical (unpaired) electrons. The van der Waals surface area contributed by atoms with Gasteiger partial charge in [0, 0.05) is 12.5 Å². The fraction of sp³-hybridized carbons (Fsp3) is 0.833. The number of rotatable bonds is 2. The van der Waals surface area contributed by atoms with Gasteiger partial charge in [-0.25, -0.2) is 0 Å². The molecule has 4 N–H and O–H groups in total. The number of nitrogens with two attached hydrogens (primary N) is 2. The second kappa shape index (κ2) is 3.78. The van der Waals surface area contributed by atoms with Crippen molar-refractivity contribution in [3.8, 4) is 0 Å². The van der Waals surface area contributed by atoms with E-state index in [1.54, 1.807) is 0 Å². The Hall–Kier alpha value is -0.280. The van der Waals surface area contributed by atoms with Crippen molar-refractivity contribution in [2.24, 2.45) is 17.4 Å². The van der Waals surface area contributed by atoms with Gasteiger partial charge in [0.1, 0.15) is 0 Å². The number of hydrogen-bond donors (Lipinski definition) is 2. The molecule has 10 heavy (non-hydrogen) atoms. The molecular weight excluding hydrogens is 152 g/mol. The second-order valence-electron chi connectivity index (χ2n) is 2.77. The normalized spacial score (nSPS) is 30.1. The zero-order valence-corrected chi connectivity index (χ0v) is 6.56. The maximum Gasteiger partial charge on any atom is 0.217 e. The summed E-state index contributed by atoms with van der Waals surface area (Å²) in [5.41, 5.74) is 10.5. The van der Waals surface area contributed by atoms with Crippen LogP contribution in [0.25, 0.3) is 0 Å². The summed E-state index contributed by atoms with van der Waals surface area (Å²) in [6.07, 6.45) is 2.47. The zero-order chi connectivity index (χ0) is 6.85. The maximum atomic E-state index is 10.3. The van der Waals surface area contributed by atoms with Gasteiger partial charge in [-0.05, 0) is 18.8 Å². The van der Waals surface area contributed by atoms with Crippen LogP contribution in [0.2, 0.25) is 0 Å². The molecule has 0 aromatic heterocycles. The van der Waals surface area contributed by atoms with Gasteiger partial charge in [0.25, 0.3) is 0 Å². The largest absolute Gasteiger partial charge is 0.370 e. The Morgan fingerprint density at radius 3 is 2.30 bits per heavy atom. The Labute approximate surface area is 66.6 Å². The molecule has 0 aromatic carbocycles. The molecule has 0 atom stereocenters. The quantitative estimate of drug-likeness (QED) is 0.604. The van der Waals surface area contributed by atoms with E-state index in [9.17, 15) is 4.79 Å². The van der Waals surface area contributed by atoms with Crippen LogP contribution in [-0.2, 0) is 4.79 Å². The molecule has 4 heteroatoms. The lowest BCUT2D eigenvalue weighted by molar-refractivity contribution is -0.119. The topological polar surface area (TPSA) is 69.1 Å². The van der Waals surface area contributed by atoms with E-state index in [1.807, 2.05) is 0 Å². The summed E-state index contributed by atoms with van der Waals surface area (Å²) in [5, 5.41) is 0. The Balaban J connectivity index is 0.000000810. The minimum atomic E-state index is -0.202. The number of halogens is 1. The zero-order valence-electron chi connectivity index (χ0n) is 5.75. The minimum absolute atomic E-state index is 0. The molecule has 0 spiro atoms. The summed E-state index contributed by atoms with van der Waals surface area (Å²) < 4.78 is 0. The van der Waals surface area contributed by atoms with E-state index in [0.29, 0.717) is 18.4 Å². The maximum absolute atomic E-state index is 10.3. The van der Waals surface area contributed by atoms with Crippen LogP contribution in [0, 0.1) is 5.92 Å². The Morgan fingerprint density at radius 2 is 2.00 bits per heavy atom. The average molecular weight is 165 g/mol. The molecule has 1 aliphatic carbocycles. The van der Waals surface area contributed by atoms with Gasteiger partial charge in [-0.2, -0.15) is 0 Å². The van der Waals surface area contributed by atoms with Gasteiger partial charge in [-0.15, -0.1) is 12.4 Å². The molecule has 0 bridgehead atoms. The number of primary amides is 1. The predicted molar refractivity (Wildman–Crippen MR) is 41.8 cm³/mol. The molecule has 1 saturated carbocycles. The van der Waals surface area contributed by atoms with Crippen LogP contribution in [0.15, 0.2) is 0 Å². The SMILES string of the molecule is Cl.NC(=O)CC1CC(N)C1. The average Bonchev–Trinajstić information content (AvgIpc) is 1.60. The molecule has 1 rings (SSSR count). The van der Waals surface area contributed by atoms with E-state index in [0.717, 1.165) is 12.8 Å². The van der Waals surface area contributed by atoms with Crippen molar-refractivity contribution in [1.29, 1.82) is 0 Å². The summed E-state index contributed by atoms with van der Waals surface area (Å²) in [6, 6.07) is 0.328. The molecule has 0 aromatic rings. The van der Waals surface area contributed by atoms with Crippen LogP contribution >= 0.6 is 12.4 Å². The van der Waals surface area contributed by atoms with Crippen LogP contribution < -0.4 is 11.5 Å². The third-order valence-corrected chi connectivity index (χ3v) is 1.76. The van der Waals surface area contributed by atoms with Crippen molar-refractivity contribution in [1.82, 2.24) is 0 Å². The van der Waals surface area contributed by atoms with E-state index >= 15 is 0 Å². The molecule has 1 aliphatic rings. The lowest BCUT2D eigenvalue weighted by Gasteiger charge is -2.31. The van der Waals surface area contributed by atoms with Crippen molar-refractivity contribution in [2.45, 2.75) is 25.3 Å². The first-order chi connectivity index (χ1) is 4.18. The first kappa shape index (κ1) is 9.72. The summed E-state index contributed by atoms with van der Waals surface area (Å²) in [6.45, 7) is 0. The molecule has 3 nitrogen and oxygen atoms in total. The third-order valence-electron chi connectivity index (χ3n) is 1.76. The molecule has 0 unspecified atom stereocenters. The molecule has 1 fully saturated rings. The number of amides is 1. The second-order valence-corrected chi connectivity index (χ2v) is 2.77. The van der Waals surface area contributed by atoms with Gasteiger partial charge in [-0.3, -0.25) is 4.79 Å². The van der Waals surface area contributed by atoms with Crippen LogP contribution in [0.4, 0.5) is 0 Å². The molecular formula is C6H13ClN2O. The third kappa shape index (κ3) is 2.54. The lowest BCUT2D eigenvalue weighted by atomic mass is 9.79. The highest BCUT2D eigenvalue weighted by Gasteiger charge is 2.26. The first-order valence-electron chi connectivity index (χ1n) is 3.22. The van der Waals surface area contributed by atoms with Crippen LogP contribution in [0.5, 0.6) is 0 Å². The standard InChI is InChI=1S/C6H12N2O.ClH/c7-5-1-4(2-5)3-6(8)9;/h4-5H,1-3,7H2,(H2,8,9);1H. The highest BCUT2D eigenvalue weighted by molar-refractivity contribution is 5.85. The van der Waals surface area contributed by atoms with Gasteiger partial charge >= 0.3 is 0 Å².